The molecule has 3 heteroatoms. The van der Waals surface area contributed by atoms with E-state index in [0.717, 1.165) is 11.8 Å². The molecule has 0 heterocycles. The van der Waals surface area contributed by atoms with Crippen LogP contribution in [0.4, 0.5) is 0 Å². The molecule has 0 aromatic carbocycles. The van der Waals surface area contributed by atoms with Crippen molar-refractivity contribution in [1.82, 2.24) is 0 Å². The van der Waals surface area contributed by atoms with E-state index < -0.39 is 19.4 Å². The van der Waals surface area contributed by atoms with Crippen LogP contribution in [0.1, 0.15) is 59.8 Å². The Morgan fingerprint density at radius 2 is 1.33 bits per heavy atom. The van der Waals surface area contributed by atoms with Gasteiger partial charge in [-0.3, -0.25) is 0 Å². The van der Waals surface area contributed by atoms with Crippen molar-refractivity contribution in [2.45, 2.75) is 63.4 Å². The maximum atomic E-state index is 6.82. The topological polar surface area (TPSA) is 0 Å². The summed E-state index contributed by atoms with van der Waals surface area (Å²) in [5, 5.41) is 0. The number of allylic oxidation sites excluding steroid dienone is 8. The Labute approximate surface area is 180 Å². The molecule has 0 spiro atoms. The van der Waals surface area contributed by atoms with E-state index in [1.54, 1.807) is 22.3 Å². The second-order valence-corrected chi connectivity index (χ2v) is 18.8. The average molecular weight is 484 g/mol. The van der Waals surface area contributed by atoms with Crippen LogP contribution in [0.25, 0.3) is 0 Å². The van der Waals surface area contributed by atoms with Gasteiger partial charge in [-0.1, -0.05) is 0 Å². The molecule has 7 atom stereocenters. The fraction of sp³-hybridized carbons (Fsp3) is 0.667. The molecule has 0 bridgehead atoms. The van der Waals surface area contributed by atoms with E-state index >= 15 is 0 Å². The summed E-state index contributed by atoms with van der Waals surface area (Å²) in [4.78, 5) is 0. The van der Waals surface area contributed by atoms with Crippen LogP contribution in [0.3, 0.4) is 0 Å². The molecule has 0 aromatic heterocycles. The van der Waals surface area contributed by atoms with Crippen molar-refractivity contribution in [3.8, 4) is 0 Å². The molecule has 0 amide bonds. The first-order valence-corrected chi connectivity index (χ1v) is 18.7. The van der Waals surface area contributed by atoms with Gasteiger partial charge in [0.1, 0.15) is 0 Å². The van der Waals surface area contributed by atoms with Crippen LogP contribution in [0.15, 0.2) is 46.6 Å². The molecule has 0 aliphatic heterocycles. The summed E-state index contributed by atoms with van der Waals surface area (Å²) in [6.07, 6.45) is 16.3. The van der Waals surface area contributed by atoms with E-state index in [1.165, 1.54) is 32.1 Å². The zero-order chi connectivity index (χ0) is 19.3. The van der Waals surface area contributed by atoms with Gasteiger partial charge in [0, 0.05) is 0 Å². The molecule has 4 aliphatic carbocycles. The van der Waals surface area contributed by atoms with E-state index in [-0.39, 0.29) is 0 Å². The van der Waals surface area contributed by atoms with E-state index in [4.69, 9.17) is 17.0 Å². The fourth-order valence-corrected chi connectivity index (χ4v) is 11.3. The molecule has 4 rings (SSSR count). The van der Waals surface area contributed by atoms with Gasteiger partial charge in [0.2, 0.25) is 0 Å². The maximum absolute atomic E-state index is 6.82. The Morgan fingerprint density at radius 1 is 0.815 bits per heavy atom. The molecule has 0 aromatic rings. The first kappa shape index (κ1) is 20.7. The molecule has 4 aliphatic rings. The van der Waals surface area contributed by atoms with E-state index in [0.29, 0.717) is 27.3 Å². The normalized spacial score (nSPS) is 39.0. The van der Waals surface area contributed by atoms with Gasteiger partial charge < -0.3 is 0 Å². The third-order valence-corrected chi connectivity index (χ3v) is 14.0. The van der Waals surface area contributed by atoms with Crippen molar-refractivity contribution in [3.63, 3.8) is 0 Å². The molecule has 147 valence electrons. The predicted molar refractivity (Wildman–Crippen MR) is 115 cm³/mol. The molecule has 27 heavy (non-hydrogen) atoms. The summed E-state index contributed by atoms with van der Waals surface area (Å²) in [6, 6.07) is 0. The summed E-state index contributed by atoms with van der Waals surface area (Å²) in [6.45, 7) is 9.65. The van der Waals surface area contributed by atoms with Crippen LogP contribution in [0, 0.1) is 35.5 Å². The van der Waals surface area contributed by atoms with Gasteiger partial charge >= 0.3 is 182 Å². The molecule has 0 saturated carbocycles. The number of rotatable bonds is 4. The quantitative estimate of drug-likeness (QED) is 0.378. The van der Waals surface area contributed by atoms with Gasteiger partial charge in [-0.05, 0) is 0 Å². The molecule has 7 unspecified atom stereocenters. The zero-order valence-electron chi connectivity index (χ0n) is 17.1. The molecule has 0 N–H and O–H groups in total. The standard InChI is InChI=1S/C24H33.2ClH.Zr/c1-15-5-7-17(3)23-19(11-13-21(15)23)9-10-20-12-14-22-16(2)6-8-18(4)24(20)22;;;/h9,11-20H,5-8,10H2,1-4H3;2*1H;/q;;;+2/p-2. The Hall–Kier alpha value is 0.423. The first-order chi connectivity index (χ1) is 12.9. The van der Waals surface area contributed by atoms with Crippen LogP contribution in [0.2, 0.25) is 3.63 Å². The molecule has 0 fully saturated rings. The van der Waals surface area contributed by atoms with Gasteiger partial charge in [0.15, 0.2) is 0 Å². The summed E-state index contributed by atoms with van der Waals surface area (Å²) in [5.41, 5.74) is 6.66. The Bertz CT molecular complexity index is 714. The van der Waals surface area contributed by atoms with Gasteiger partial charge in [0.25, 0.3) is 0 Å². The number of hydrogen-bond acceptors (Lipinski definition) is 0. The summed E-state index contributed by atoms with van der Waals surface area (Å²) >= 11 is -2.41. The molecular weight excluding hydrogens is 450 g/mol. The summed E-state index contributed by atoms with van der Waals surface area (Å²) in [7, 11) is 13.6. The molecule has 0 radical (unpaired) electrons. The summed E-state index contributed by atoms with van der Waals surface area (Å²) in [5.74, 6) is 3.92. The third-order valence-electron chi connectivity index (χ3n) is 7.83. The predicted octanol–water partition coefficient (Wildman–Crippen LogP) is 8.19. The van der Waals surface area contributed by atoms with Crippen LogP contribution < -0.4 is 0 Å². The van der Waals surface area contributed by atoms with E-state index in [1.807, 2.05) is 0 Å². The Kier molecular flexibility index (Phi) is 6.34. The van der Waals surface area contributed by atoms with Crippen LogP contribution >= 0.6 is 17.0 Å². The van der Waals surface area contributed by atoms with Crippen LogP contribution in [-0.2, 0) is 19.4 Å². The number of halogens is 2. The third kappa shape index (κ3) is 3.80. The van der Waals surface area contributed by atoms with Crippen molar-refractivity contribution >= 4 is 17.0 Å². The van der Waals surface area contributed by atoms with Gasteiger partial charge in [-0.2, -0.15) is 0 Å². The van der Waals surface area contributed by atoms with Gasteiger partial charge in [0.05, 0.1) is 0 Å². The van der Waals surface area contributed by atoms with Crippen molar-refractivity contribution < 1.29 is 19.4 Å². The Morgan fingerprint density at radius 3 is 1.96 bits per heavy atom. The van der Waals surface area contributed by atoms with E-state index in [2.05, 4.69) is 52.0 Å². The SMILES string of the molecule is CC1CCC(C)C2=C1C=CC2C[CH](C1C=CC2=C1C(C)CCC2C)[Zr]([Cl])[Cl]. The van der Waals surface area contributed by atoms with Gasteiger partial charge in [-0.15, -0.1) is 0 Å². The molecular formula is C24H33Cl2Zr. The zero-order valence-corrected chi connectivity index (χ0v) is 21.1. The van der Waals surface area contributed by atoms with Gasteiger partial charge in [-0.25, -0.2) is 0 Å². The molecule has 0 saturated heterocycles. The fourth-order valence-electron chi connectivity index (χ4n) is 6.22. The molecule has 0 nitrogen and oxygen atoms in total. The van der Waals surface area contributed by atoms with E-state index in [9.17, 15) is 0 Å². The second-order valence-electron chi connectivity index (χ2n) is 9.56. The minimum absolute atomic E-state index is 0.498. The van der Waals surface area contributed by atoms with Crippen molar-refractivity contribution in [2.24, 2.45) is 35.5 Å². The first-order valence-electron chi connectivity index (χ1n) is 10.9. The summed E-state index contributed by atoms with van der Waals surface area (Å²) < 4.78 is 0.498. The minimum atomic E-state index is -2.41. The average Bonchev–Trinajstić information content (AvgIpc) is 3.25. The van der Waals surface area contributed by atoms with Crippen LogP contribution in [-0.4, -0.2) is 0 Å². The monoisotopic (exact) mass is 481 g/mol. The number of hydrogen-bond donors (Lipinski definition) is 0. The second kappa shape index (κ2) is 8.28. The van der Waals surface area contributed by atoms with Crippen LogP contribution in [0.5, 0.6) is 0 Å². The Balaban J connectivity index is 1.60. The van der Waals surface area contributed by atoms with Crippen molar-refractivity contribution in [3.05, 3.63) is 46.6 Å². The van der Waals surface area contributed by atoms with Crippen molar-refractivity contribution in [1.29, 1.82) is 0 Å². The van der Waals surface area contributed by atoms with Crippen molar-refractivity contribution in [2.75, 3.05) is 0 Å².